The first-order chi connectivity index (χ1) is 8.06. The smallest absolute Gasteiger partial charge is 0.123 e. The van der Waals surface area contributed by atoms with Crippen LogP contribution in [0.1, 0.15) is 16.8 Å². The summed E-state index contributed by atoms with van der Waals surface area (Å²) in [6.07, 6.45) is 1.92. The van der Waals surface area contributed by atoms with Crippen LogP contribution in [0.25, 0.3) is 0 Å². The maximum Gasteiger partial charge on any atom is 0.123 e. The van der Waals surface area contributed by atoms with E-state index in [0.717, 1.165) is 22.5 Å². The highest BCUT2D eigenvalue weighted by atomic mass is 19.1. The molecule has 0 fully saturated rings. The molecule has 90 valence electrons. The van der Waals surface area contributed by atoms with Gasteiger partial charge in [-0.2, -0.15) is 5.10 Å². The Kier molecular flexibility index (Phi) is 3.13. The van der Waals surface area contributed by atoms with Gasteiger partial charge in [-0.3, -0.25) is 4.68 Å². The van der Waals surface area contributed by atoms with Crippen LogP contribution in [0.5, 0.6) is 0 Å². The highest BCUT2D eigenvalue weighted by Crippen LogP contribution is 2.15. The molecule has 0 aliphatic rings. The number of benzene rings is 1. The molecular formula is C13H16FN3. The zero-order valence-electron chi connectivity index (χ0n) is 10.3. The molecule has 3 nitrogen and oxygen atoms in total. The van der Waals surface area contributed by atoms with Gasteiger partial charge in [0.15, 0.2) is 0 Å². The predicted molar refractivity (Wildman–Crippen MR) is 66.4 cm³/mol. The third-order valence-corrected chi connectivity index (χ3v) is 2.79. The average Bonchev–Trinajstić information content (AvgIpc) is 2.59. The van der Waals surface area contributed by atoms with Crippen LogP contribution < -0.4 is 5.32 Å². The summed E-state index contributed by atoms with van der Waals surface area (Å²) in [6, 6.07) is 4.84. The summed E-state index contributed by atoms with van der Waals surface area (Å²) in [6.45, 7) is 4.53. The lowest BCUT2D eigenvalue weighted by atomic mass is 10.1. The molecule has 1 N–H and O–H groups in total. The Morgan fingerprint density at radius 2 is 2.12 bits per heavy atom. The van der Waals surface area contributed by atoms with Gasteiger partial charge in [-0.05, 0) is 37.1 Å². The topological polar surface area (TPSA) is 29.9 Å². The first kappa shape index (κ1) is 11.6. The Morgan fingerprint density at radius 3 is 2.76 bits per heavy atom. The molecule has 0 atom stereocenters. The van der Waals surface area contributed by atoms with Crippen LogP contribution >= 0.6 is 0 Å². The molecule has 1 aromatic heterocycles. The molecular weight excluding hydrogens is 217 g/mol. The van der Waals surface area contributed by atoms with Gasteiger partial charge in [0.1, 0.15) is 5.82 Å². The van der Waals surface area contributed by atoms with Crippen LogP contribution in [0.3, 0.4) is 0 Å². The molecule has 17 heavy (non-hydrogen) atoms. The average molecular weight is 233 g/mol. The molecule has 0 amide bonds. The van der Waals surface area contributed by atoms with Gasteiger partial charge in [-0.25, -0.2) is 4.39 Å². The van der Waals surface area contributed by atoms with Gasteiger partial charge in [0.2, 0.25) is 0 Å². The Hall–Kier alpha value is -1.84. The van der Waals surface area contributed by atoms with E-state index in [2.05, 4.69) is 10.4 Å². The quantitative estimate of drug-likeness (QED) is 0.883. The standard InChI is InChI=1S/C13H16FN3/c1-9-4-5-12(14)6-11(9)7-15-13-8-17(3)16-10(13)2/h4-6,8,15H,7H2,1-3H3. The van der Waals surface area contributed by atoms with Crippen LogP contribution in [0.15, 0.2) is 24.4 Å². The fourth-order valence-corrected chi connectivity index (χ4v) is 1.79. The number of hydrogen-bond donors (Lipinski definition) is 1. The van der Waals surface area contributed by atoms with Crippen molar-refractivity contribution in [2.24, 2.45) is 7.05 Å². The van der Waals surface area contributed by atoms with Crippen molar-refractivity contribution in [1.82, 2.24) is 9.78 Å². The van der Waals surface area contributed by atoms with Crippen molar-refractivity contribution >= 4 is 5.69 Å². The summed E-state index contributed by atoms with van der Waals surface area (Å²) >= 11 is 0. The van der Waals surface area contributed by atoms with Crippen LogP contribution in [-0.2, 0) is 13.6 Å². The lowest BCUT2D eigenvalue weighted by Gasteiger charge is -2.08. The van der Waals surface area contributed by atoms with Gasteiger partial charge in [-0.15, -0.1) is 0 Å². The van der Waals surface area contributed by atoms with E-state index in [1.165, 1.54) is 6.07 Å². The molecule has 0 aliphatic heterocycles. The minimum atomic E-state index is -0.199. The van der Waals surface area contributed by atoms with Gasteiger partial charge in [0, 0.05) is 19.8 Å². The Bertz CT molecular complexity index is 531. The van der Waals surface area contributed by atoms with Gasteiger partial charge < -0.3 is 5.32 Å². The van der Waals surface area contributed by atoms with E-state index >= 15 is 0 Å². The summed E-state index contributed by atoms with van der Waals surface area (Å²) < 4.78 is 14.9. The van der Waals surface area contributed by atoms with Crippen molar-refractivity contribution < 1.29 is 4.39 Å². The fraction of sp³-hybridized carbons (Fsp3) is 0.308. The van der Waals surface area contributed by atoms with Crippen molar-refractivity contribution in [2.75, 3.05) is 5.32 Å². The van der Waals surface area contributed by atoms with Gasteiger partial charge >= 0.3 is 0 Å². The van der Waals surface area contributed by atoms with Crippen molar-refractivity contribution in [3.05, 3.63) is 47.0 Å². The third-order valence-electron chi connectivity index (χ3n) is 2.79. The van der Waals surface area contributed by atoms with E-state index in [-0.39, 0.29) is 5.82 Å². The molecule has 2 aromatic rings. The van der Waals surface area contributed by atoms with E-state index in [4.69, 9.17) is 0 Å². The number of halogens is 1. The number of rotatable bonds is 3. The molecule has 4 heteroatoms. The summed E-state index contributed by atoms with van der Waals surface area (Å²) in [4.78, 5) is 0. The Labute approximate surface area is 100 Å². The molecule has 0 unspecified atom stereocenters. The number of nitrogens with zero attached hydrogens (tertiary/aromatic N) is 2. The summed E-state index contributed by atoms with van der Waals surface area (Å²) in [7, 11) is 1.88. The number of nitrogens with one attached hydrogen (secondary N) is 1. The molecule has 0 bridgehead atoms. The lowest BCUT2D eigenvalue weighted by molar-refractivity contribution is 0.625. The van der Waals surface area contributed by atoms with E-state index in [1.54, 1.807) is 16.8 Å². The predicted octanol–water partition coefficient (Wildman–Crippen LogP) is 2.79. The van der Waals surface area contributed by atoms with Crippen molar-refractivity contribution in [2.45, 2.75) is 20.4 Å². The van der Waals surface area contributed by atoms with Crippen LogP contribution in [-0.4, -0.2) is 9.78 Å². The molecule has 0 saturated heterocycles. The molecule has 1 heterocycles. The van der Waals surface area contributed by atoms with Crippen LogP contribution in [0.2, 0.25) is 0 Å². The third kappa shape index (κ3) is 2.64. The Balaban J connectivity index is 2.12. The largest absolute Gasteiger partial charge is 0.378 e. The van der Waals surface area contributed by atoms with Gasteiger partial charge in [-0.1, -0.05) is 6.07 Å². The molecule has 0 saturated carbocycles. The van der Waals surface area contributed by atoms with Crippen molar-refractivity contribution in [3.63, 3.8) is 0 Å². The second-order valence-electron chi connectivity index (χ2n) is 4.23. The molecule has 0 radical (unpaired) electrons. The minimum Gasteiger partial charge on any atom is -0.378 e. The number of aromatic nitrogens is 2. The van der Waals surface area contributed by atoms with Crippen LogP contribution in [0.4, 0.5) is 10.1 Å². The highest BCUT2D eigenvalue weighted by molar-refractivity contribution is 5.46. The van der Waals surface area contributed by atoms with E-state index in [9.17, 15) is 4.39 Å². The van der Waals surface area contributed by atoms with Crippen LogP contribution in [0, 0.1) is 19.7 Å². The number of hydrogen-bond acceptors (Lipinski definition) is 2. The monoisotopic (exact) mass is 233 g/mol. The van der Waals surface area contributed by atoms with E-state index in [0.29, 0.717) is 6.54 Å². The highest BCUT2D eigenvalue weighted by Gasteiger charge is 2.04. The SMILES string of the molecule is Cc1ccc(F)cc1CNc1cn(C)nc1C. The second-order valence-corrected chi connectivity index (χ2v) is 4.23. The number of aryl methyl sites for hydroxylation is 3. The normalized spacial score (nSPS) is 10.6. The maximum absolute atomic E-state index is 13.1. The van der Waals surface area contributed by atoms with E-state index in [1.807, 2.05) is 27.1 Å². The van der Waals surface area contributed by atoms with E-state index < -0.39 is 0 Å². The molecule has 1 aromatic carbocycles. The number of anilines is 1. The first-order valence-corrected chi connectivity index (χ1v) is 5.55. The summed E-state index contributed by atoms with van der Waals surface area (Å²) in [5.41, 5.74) is 3.98. The Morgan fingerprint density at radius 1 is 1.35 bits per heavy atom. The zero-order chi connectivity index (χ0) is 12.4. The fourth-order valence-electron chi connectivity index (χ4n) is 1.79. The molecule has 0 aliphatic carbocycles. The second kappa shape index (κ2) is 4.57. The molecule has 2 rings (SSSR count). The maximum atomic E-state index is 13.1. The van der Waals surface area contributed by atoms with Crippen molar-refractivity contribution in [3.8, 4) is 0 Å². The first-order valence-electron chi connectivity index (χ1n) is 5.55. The summed E-state index contributed by atoms with van der Waals surface area (Å²) in [5.74, 6) is -0.199. The summed E-state index contributed by atoms with van der Waals surface area (Å²) in [5, 5.41) is 7.51. The van der Waals surface area contributed by atoms with Crippen molar-refractivity contribution in [1.29, 1.82) is 0 Å². The van der Waals surface area contributed by atoms with Gasteiger partial charge in [0.05, 0.1) is 11.4 Å². The minimum absolute atomic E-state index is 0.199. The lowest BCUT2D eigenvalue weighted by Crippen LogP contribution is -2.02. The molecule has 0 spiro atoms. The van der Waals surface area contributed by atoms with Gasteiger partial charge in [0.25, 0.3) is 0 Å². The zero-order valence-corrected chi connectivity index (χ0v) is 10.3.